The minimum atomic E-state index is 0.601. The van der Waals surface area contributed by atoms with E-state index in [-0.39, 0.29) is 0 Å². The molecule has 0 heterocycles. The van der Waals surface area contributed by atoms with Crippen LogP contribution in [-0.2, 0) is 0 Å². The van der Waals surface area contributed by atoms with Crippen LogP contribution in [0.5, 0.6) is 5.75 Å². The molecule has 3 N–H and O–H groups in total. The third kappa shape index (κ3) is 1.76. The van der Waals surface area contributed by atoms with E-state index in [0.717, 1.165) is 17.1 Å². The monoisotopic (exact) mass is 192 g/mol. The molecule has 76 valence electrons. The third-order valence-corrected chi connectivity index (χ3v) is 2.73. The Kier molecular flexibility index (Phi) is 2.48. The molecule has 0 saturated heterocycles. The van der Waals surface area contributed by atoms with Crippen LogP contribution in [0, 0.1) is 0 Å². The van der Waals surface area contributed by atoms with Gasteiger partial charge in [0.1, 0.15) is 5.75 Å². The van der Waals surface area contributed by atoms with E-state index in [0.29, 0.717) is 6.04 Å². The highest BCUT2D eigenvalue weighted by Crippen LogP contribution is 2.29. The second kappa shape index (κ2) is 3.78. The lowest BCUT2D eigenvalue weighted by Crippen LogP contribution is -2.27. The molecule has 1 aliphatic carbocycles. The summed E-state index contributed by atoms with van der Waals surface area (Å²) in [6, 6.07) is 6.30. The summed E-state index contributed by atoms with van der Waals surface area (Å²) in [5.41, 5.74) is 7.64. The van der Waals surface area contributed by atoms with Crippen molar-refractivity contribution in [3.63, 3.8) is 0 Å². The Bertz CT molecular complexity index is 321. The zero-order valence-electron chi connectivity index (χ0n) is 8.42. The zero-order valence-corrected chi connectivity index (χ0v) is 8.42. The first-order valence-corrected chi connectivity index (χ1v) is 4.99. The Labute approximate surface area is 84.3 Å². The second-order valence-electron chi connectivity index (χ2n) is 3.73. The van der Waals surface area contributed by atoms with Crippen molar-refractivity contribution < 1.29 is 4.74 Å². The van der Waals surface area contributed by atoms with Crippen LogP contribution < -0.4 is 15.8 Å². The van der Waals surface area contributed by atoms with Gasteiger partial charge < -0.3 is 15.8 Å². The molecular formula is C11H16N2O. The molecule has 1 aliphatic rings. The third-order valence-electron chi connectivity index (χ3n) is 2.73. The van der Waals surface area contributed by atoms with E-state index >= 15 is 0 Å². The first kappa shape index (κ1) is 9.19. The largest absolute Gasteiger partial charge is 0.497 e. The molecule has 3 nitrogen and oxygen atoms in total. The van der Waals surface area contributed by atoms with Gasteiger partial charge in [-0.15, -0.1) is 0 Å². The van der Waals surface area contributed by atoms with Gasteiger partial charge in [-0.1, -0.05) is 0 Å². The molecule has 0 atom stereocenters. The summed E-state index contributed by atoms with van der Waals surface area (Å²) in [5.74, 6) is 0.848. The van der Waals surface area contributed by atoms with Crippen LogP contribution in [0.15, 0.2) is 18.2 Å². The predicted molar refractivity (Wildman–Crippen MR) is 58.7 cm³/mol. The molecule has 2 rings (SSSR count). The Hall–Kier alpha value is -1.38. The summed E-state index contributed by atoms with van der Waals surface area (Å²) in [7, 11) is 1.67. The number of rotatable bonds is 3. The maximum absolute atomic E-state index is 5.85. The zero-order chi connectivity index (χ0) is 9.97. The lowest BCUT2D eigenvalue weighted by molar-refractivity contribution is 0.414. The van der Waals surface area contributed by atoms with E-state index in [1.165, 1.54) is 19.3 Å². The van der Waals surface area contributed by atoms with Crippen LogP contribution in [0.1, 0.15) is 19.3 Å². The van der Waals surface area contributed by atoms with Gasteiger partial charge >= 0.3 is 0 Å². The summed E-state index contributed by atoms with van der Waals surface area (Å²) in [4.78, 5) is 0. The summed E-state index contributed by atoms with van der Waals surface area (Å²) in [5, 5.41) is 3.42. The number of anilines is 2. The van der Waals surface area contributed by atoms with Crippen molar-refractivity contribution in [1.29, 1.82) is 0 Å². The van der Waals surface area contributed by atoms with Gasteiger partial charge in [0.05, 0.1) is 18.5 Å². The van der Waals surface area contributed by atoms with Crippen molar-refractivity contribution in [1.82, 2.24) is 0 Å². The number of ether oxygens (including phenoxy) is 1. The van der Waals surface area contributed by atoms with Crippen LogP contribution in [-0.4, -0.2) is 13.2 Å². The minimum Gasteiger partial charge on any atom is -0.497 e. The van der Waals surface area contributed by atoms with Crippen molar-refractivity contribution >= 4 is 11.4 Å². The van der Waals surface area contributed by atoms with Gasteiger partial charge in [0.2, 0.25) is 0 Å². The summed E-state index contributed by atoms with van der Waals surface area (Å²) >= 11 is 0. The van der Waals surface area contributed by atoms with E-state index in [1.54, 1.807) is 7.11 Å². The van der Waals surface area contributed by atoms with Crippen LogP contribution in [0.2, 0.25) is 0 Å². The van der Waals surface area contributed by atoms with Gasteiger partial charge in [0, 0.05) is 12.1 Å². The van der Waals surface area contributed by atoms with Gasteiger partial charge in [0.15, 0.2) is 0 Å². The fourth-order valence-electron chi connectivity index (χ4n) is 1.56. The average molecular weight is 192 g/mol. The molecule has 0 radical (unpaired) electrons. The summed E-state index contributed by atoms with van der Waals surface area (Å²) < 4.78 is 5.15. The van der Waals surface area contributed by atoms with Gasteiger partial charge in [-0.05, 0) is 31.4 Å². The smallest absolute Gasteiger partial charge is 0.121 e. The van der Waals surface area contributed by atoms with Gasteiger partial charge in [0.25, 0.3) is 0 Å². The van der Waals surface area contributed by atoms with E-state index in [1.807, 2.05) is 18.2 Å². The highest BCUT2D eigenvalue weighted by molar-refractivity contribution is 5.68. The van der Waals surface area contributed by atoms with Crippen molar-refractivity contribution in [3.8, 4) is 5.75 Å². The minimum absolute atomic E-state index is 0.601. The van der Waals surface area contributed by atoms with Crippen LogP contribution in [0.4, 0.5) is 11.4 Å². The van der Waals surface area contributed by atoms with E-state index in [9.17, 15) is 0 Å². The van der Waals surface area contributed by atoms with E-state index < -0.39 is 0 Å². The molecule has 1 aromatic carbocycles. The first-order chi connectivity index (χ1) is 6.79. The number of hydrogen-bond acceptors (Lipinski definition) is 3. The van der Waals surface area contributed by atoms with Gasteiger partial charge in [-0.2, -0.15) is 0 Å². The maximum Gasteiger partial charge on any atom is 0.121 e. The number of nitrogen functional groups attached to an aromatic ring is 1. The lowest BCUT2D eigenvalue weighted by Gasteiger charge is -2.28. The topological polar surface area (TPSA) is 47.3 Å². The number of benzene rings is 1. The molecule has 0 amide bonds. The Morgan fingerprint density at radius 2 is 2.21 bits per heavy atom. The van der Waals surface area contributed by atoms with E-state index in [2.05, 4.69) is 5.32 Å². The summed E-state index contributed by atoms with van der Waals surface area (Å²) in [6.45, 7) is 0. The number of methoxy groups -OCH3 is 1. The molecule has 0 aromatic heterocycles. The maximum atomic E-state index is 5.85. The summed E-state index contributed by atoms with van der Waals surface area (Å²) in [6.07, 6.45) is 3.81. The number of nitrogens with two attached hydrogens (primary N) is 1. The molecule has 0 aliphatic heterocycles. The Balaban J connectivity index is 2.13. The van der Waals surface area contributed by atoms with Crippen LogP contribution in [0.3, 0.4) is 0 Å². The fourth-order valence-corrected chi connectivity index (χ4v) is 1.56. The molecule has 1 aromatic rings. The number of nitrogens with one attached hydrogen (secondary N) is 1. The molecule has 1 fully saturated rings. The first-order valence-electron chi connectivity index (χ1n) is 4.99. The fraction of sp³-hybridized carbons (Fsp3) is 0.455. The van der Waals surface area contributed by atoms with Gasteiger partial charge in [-0.25, -0.2) is 0 Å². The highest BCUT2D eigenvalue weighted by Gasteiger charge is 2.17. The molecule has 0 spiro atoms. The number of hydrogen-bond donors (Lipinski definition) is 2. The molecule has 1 saturated carbocycles. The lowest BCUT2D eigenvalue weighted by atomic mass is 9.93. The van der Waals surface area contributed by atoms with Crippen molar-refractivity contribution in [3.05, 3.63) is 18.2 Å². The Morgan fingerprint density at radius 3 is 2.79 bits per heavy atom. The van der Waals surface area contributed by atoms with Crippen molar-refractivity contribution in [2.75, 3.05) is 18.2 Å². The average Bonchev–Trinajstić information content (AvgIpc) is 2.14. The Morgan fingerprint density at radius 1 is 1.43 bits per heavy atom. The standard InChI is InChI=1S/C11H16N2O/c1-14-9-5-6-10(12)11(7-9)13-8-3-2-4-8/h5-8,13H,2-4,12H2,1H3. The molecular weight excluding hydrogens is 176 g/mol. The SMILES string of the molecule is COc1ccc(N)c(NC2CCC2)c1. The molecule has 0 unspecified atom stereocenters. The highest BCUT2D eigenvalue weighted by atomic mass is 16.5. The van der Waals surface area contributed by atoms with Crippen molar-refractivity contribution in [2.24, 2.45) is 0 Å². The van der Waals surface area contributed by atoms with E-state index in [4.69, 9.17) is 10.5 Å². The normalized spacial score (nSPS) is 16.1. The predicted octanol–water partition coefficient (Wildman–Crippen LogP) is 2.24. The quantitative estimate of drug-likeness (QED) is 0.722. The molecule has 3 heteroatoms. The van der Waals surface area contributed by atoms with Crippen molar-refractivity contribution in [2.45, 2.75) is 25.3 Å². The van der Waals surface area contributed by atoms with Crippen LogP contribution >= 0.6 is 0 Å². The van der Waals surface area contributed by atoms with Crippen LogP contribution in [0.25, 0.3) is 0 Å². The molecule has 0 bridgehead atoms. The van der Waals surface area contributed by atoms with Gasteiger partial charge in [-0.3, -0.25) is 0 Å². The molecule has 14 heavy (non-hydrogen) atoms. The second-order valence-corrected chi connectivity index (χ2v) is 3.73.